The summed E-state index contributed by atoms with van der Waals surface area (Å²) in [5.74, 6) is 0.0727. The Morgan fingerprint density at radius 3 is 2.81 bits per heavy atom. The summed E-state index contributed by atoms with van der Waals surface area (Å²) >= 11 is 0. The third-order valence-corrected chi connectivity index (χ3v) is 4.40. The van der Waals surface area contributed by atoms with Crippen molar-refractivity contribution in [2.75, 3.05) is 24.6 Å². The minimum Gasteiger partial charge on any atom is -0.399 e. The summed E-state index contributed by atoms with van der Waals surface area (Å²) < 4.78 is 0. The number of rotatable bonds is 6. The standard InChI is InChI=1S/C17H27N3O/c1-13-9-10-14(18)12-16(13)19-17(21)8-5-11-20(2)15-6-3-4-7-15/h9-10,12,15H,3-8,11,18H2,1-2H3,(H,19,21). The highest BCUT2D eigenvalue weighted by atomic mass is 16.1. The molecule has 4 nitrogen and oxygen atoms in total. The van der Waals surface area contributed by atoms with E-state index in [-0.39, 0.29) is 5.91 Å². The molecule has 0 aliphatic heterocycles. The van der Waals surface area contributed by atoms with Crippen LogP contribution in [0.3, 0.4) is 0 Å². The second-order valence-corrected chi connectivity index (χ2v) is 6.14. The topological polar surface area (TPSA) is 58.4 Å². The van der Waals surface area contributed by atoms with Crippen molar-refractivity contribution >= 4 is 17.3 Å². The van der Waals surface area contributed by atoms with Gasteiger partial charge in [-0.2, -0.15) is 0 Å². The Morgan fingerprint density at radius 2 is 2.10 bits per heavy atom. The fraction of sp³-hybridized carbons (Fsp3) is 0.588. The average molecular weight is 289 g/mol. The molecule has 1 saturated carbocycles. The van der Waals surface area contributed by atoms with Crippen molar-refractivity contribution in [3.05, 3.63) is 23.8 Å². The van der Waals surface area contributed by atoms with E-state index in [4.69, 9.17) is 5.73 Å². The molecule has 0 radical (unpaired) electrons. The highest BCUT2D eigenvalue weighted by Gasteiger charge is 2.19. The molecule has 1 amide bonds. The lowest BCUT2D eigenvalue weighted by Gasteiger charge is -2.23. The maximum absolute atomic E-state index is 12.0. The molecule has 0 heterocycles. The first-order valence-electron chi connectivity index (χ1n) is 7.92. The molecule has 1 fully saturated rings. The van der Waals surface area contributed by atoms with E-state index in [1.807, 2.05) is 25.1 Å². The summed E-state index contributed by atoms with van der Waals surface area (Å²) in [7, 11) is 2.18. The number of carbonyl (C=O) groups excluding carboxylic acids is 1. The zero-order valence-electron chi connectivity index (χ0n) is 13.2. The van der Waals surface area contributed by atoms with Gasteiger partial charge >= 0.3 is 0 Å². The van der Waals surface area contributed by atoms with Crippen LogP contribution in [0.15, 0.2) is 18.2 Å². The Balaban J connectivity index is 1.73. The first kappa shape index (κ1) is 15.8. The molecule has 1 aromatic carbocycles. The van der Waals surface area contributed by atoms with Crippen molar-refractivity contribution in [3.63, 3.8) is 0 Å². The van der Waals surface area contributed by atoms with Crippen molar-refractivity contribution in [2.24, 2.45) is 0 Å². The highest BCUT2D eigenvalue weighted by molar-refractivity contribution is 5.91. The molecule has 21 heavy (non-hydrogen) atoms. The van der Waals surface area contributed by atoms with Gasteiger partial charge in [0.15, 0.2) is 0 Å². The van der Waals surface area contributed by atoms with Gasteiger partial charge in [-0.3, -0.25) is 4.79 Å². The average Bonchev–Trinajstić information content (AvgIpc) is 2.97. The Bertz CT molecular complexity index is 481. The number of nitrogens with one attached hydrogen (secondary N) is 1. The van der Waals surface area contributed by atoms with E-state index in [2.05, 4.69) is 17.3 Å². The van der Waals surface area contributed by atoms with Gasteiger partial charge in [0.1, 0.15) is 0 Å². The van der Waals surface area contributed by atoms with E-state index in [0.29, 0.717) is 12.1 Å². The number of anilines is 2. The van der Waals surface area contributed by atoms with Crippen LogP contribution in [-0.2, 0) is 4.79 Å². The molecule has 1 aromatic rings. The van der Waals surface area contributed by atoms with E-state index in [1.165, 1.54) is 25.7 Å². The molecule has 0 atom stereocenters. The molecular formula is C17H27N3O. The van der Waals surface area contributed by atoms with Gasteiger partial charge in [-0.25, -0.2) is 0 Å². The molecule has 1 aliphatic rings. The predicted octanol–water partition coefficient (Wildman–Crippen LogP) is 3.17. The number of hydrogen-bond donors (Lipinski definition) is 2. The van der Waals surface area contributed by atoms with Crippen LogP contribution in [0.25, 0.3) is 0 Å². The van der Waals surface area contributed by atoms with E-state index in [0.717, 1.165) is 30.3 Å². The van der Waals surface area contributed by atoms with Crippen molar-refractivity contribution < 1.29 is 4.79 Å². The van der Waals surface area contributed by atoms with Crippen LogP contribution in [0.4, 0.5) is 11.4 Å². The molecular weight excluding hydrogens is 262 g/mol. The number of nitrogens with two attached hydrogens (primary N) is 1. The minimum atomic E-state index is 0.0727. The molecule has 0 bridgehead atoms. The summed E-state index contributed by atoms with van der Waals surface area (Å²) in [5.41, 5.74) is 8.30. The van der Waals surface area contributed by atoms with E-state index < -0.39 is 0 Å². The van der Waals surface area contributed by atoms with Gasteiger partial charge in [-0.15, -0.1) is 0 Å². The predicted molar refractivity (Wildman–Crippen MR) is 88.3 cm³/mol. The second kappa shape index (κ2) is 7.46. The molecule has 0 unspecified atom stereocenters. The second-order valence-electron chi connectivity index (χ2n) is 6.14. The van der Waals surface area contributed by atoms with Crippen molar-refractivity contribution in [1.29, 1.82) is 0 Å². The number of benzene rings is 1. The van der Waals surface area contributed by atoms with Gasteiger partial charge in [-0.05, 0) is 57.5 Å². The van der Waals surface area contributed by atoms with Gasteiger partial charge in [0.25, 0.3) is 0 Å². The third kappa shape index (κ3) is 4.74. The molecule has 2 rings (SSSR count). The number of amides is 1. The zero-order valence-corrected chi connectivity index (χ0v) is 13.2. The van der Waals surface area contributed by atoms with Gasteiger partial charge in [0.2, 0.25) is 5.91 Å². The van der Waals surface area contributed by atoms with Gasteiger partial charge in [0.05, 0.1) is 0 Å². The number of carbonyl (C=O) groups is 1. The molecule has 0 spiro atoms. The van der Waals surface area contributed by atoms with Crippen LogP contribution in [0, 0.1) is 6.92 Å². The Morgan fingerprint density at radius 1 is 1.38 bits per heavy atom. The van der Waals surface area contributed by atoms with Crippen LogP contribution >= 0.6 is 0 Å². The monoisotopic (exact) mass is 289 g/mol. The molecule has 116 valence electrons. The van der Waals surface area contributed by atoms with Crippen LogP contribution in [0.2, 0.25) is 0 Å². The lowest BCUT2D eigenvalue weighted by atomic mass is 10.1. The van der Waals surface area contributed by atoms with E-state index in [9.17, 15) is 4.79 Å². The third-order valence-electron chi connectivity index (χ3n) is 4.40. The number of nitrogens with zero attached hydrogens (tertiary/aromatic N) is 1. The zero-order chi connectivity index (χ0) is 15.2. The van der Waals surface area contributed by atoms with Crippen molar-refractivity contribution in [1.82, 2.24) is 4.90 Å². The lowest BCUT2D eigenvalue weighted by molar-refractivity contribution is -0.116. The Kier molecular flexibility index (Phi) is 5.62. The highest BCUT2D eigenvalue weighted by Crippen LogP contribution is 2.22. The summed E-state index contributed by atoms with van der Waals surface area (Å²) in [6.07, 6.45) is 6.79. The normalized spacial score (nSPS) is 15.6. The largest absolute Gasteiger partial charge is 0.399 e. The van der Waals surface area contributed by atoms with E-state index in [1.54, 1.807) is 0 Å². The molecule has 4 heteroatoms. The molecule has 3 N–H and O–H groups in total. The van der Waals surface area contributed by atoms with Gasteiger partial charge < -0.3 is 16.0 Å². The fourth-order valence-electron chi connectivity index (χ4n) is 3.00. The van der Waals surface area contributed by atoms with Crippen LogP contribution in [0.5, 0.6) is 0 Å². The molecule has 0 aromatic heterocycles. The summed E-state index contributed by atoms with van der Waals surface area (Å²) in [6.45, 7) is 2.97. The minimum absolute atomic E-state index is 0.0727. The first-order chi connectivity index (χ1) is 10.1. The molecule has 0 saturated heterocycles. The van der Waals surface area contributed by atoms with Crippen LogP contribution in [0.1, 0.15) is 44.1 Å². The van der Waals surface area contributed by atoms with Crippen LogP contribution < -0.4 is 11.1 Å². The lowest BCUT2D eigenvalue weighted by Crippen LogP contribution is -2.30. The van der Waals surface area contributed by atoms with Gasteiger partial charge in [0, 0.05) is 23.8 Å². The van der Waals surface area contributed by atoms with E-state index >= 15 is 0 Å². The Labute approximate surface area is 127 Å². The number of hydrogen-bond acceptors (Lipinski definition) is 3. The quantitative estimate of drug-likeness (QED) is 0.791. The number of aryl methyl sites for hydroxylation is 1. The van der Waals surface area contributed by atoms with Crippen molar-refractivity contribution in [3.8, 4) is 0 Å². The van der Waals surface area contributed by atoms with Crippen LogP contribution in [-0.4, -0.2) is 30.4 Å². The summed E-state index contributed by atoms with van der Waals surface area (Å²) in [6, 6.07) is 6.32. The summed E-state index contributed by atoms with van der Waals surface area (Å²) in [5, 5.41) is 2.96. The first-order valence-corrected chi connectivity index (χ1v) is 7.92. The van der Waals surface area contributed by atoms with Crippen molar-refractivity contribution in [2.45, 2.75) is 51.5 Å². The maximum Gasteiger partial charge on any atom is 0.224 e. The maximum atomic E-state index is 12.0. The smallest absolute Gasteiger partial charge is 0.224 e. The SMILES string of the molecule is Cc1ccc(N)cc1NC(=O)CCCN(C)C1CCCC1. The summed E-state index contributed by atoms with van der Waals surface area (Å²) in [4.78, 5) is 14.4. The molecule has 1 aliphatic carbocycles. The Hall–Kier alpha value is -1.55. The fourth-order valence-corrected chi connectivity index (χ4v) is 3.00. The van der Waals surface area contributed by atoms with Gasteiger partial charge in [-0.1, -0.05) is 18.9 Å². The number of nitrogen functional groups attached to an aromatic ring is 1.